The predicted molar refractivity (Wildman–Crippen MR) is 127 cm³/mol. The van der Waals surface area contributed by atoms with Crippen molar-refractivity contribution in [1.82, 2.24) is 4.90 Å². The number of carbonyl (C=O) groups is 3. The molecule has 5 N–H and O–H groups in total. The van der Waals surface area contributed by atoms with Crippen LogP contribution in [0, 0.1) is 18.2 Å². The molecule has 10 heteroatoms. The van der Waals surface area contributed by atoms with Crippen molar-refractivity contribution >= 4 is 35.2 Å². The molecule has 34 heavy (non-hydrogen) atoms. The highest BCUT2D eigenvalue weighted by Crippen LogP contribution is 2.46. The van der Waals surface area contributed by atoms with Gasteiger partial charge in [-0.15, -0.1) is 0 Å². The molecule has 1 aliphatic heterocycles. The van der Waals surface area contributed by atoms with Gasteiger partial charge in [-0.25, -0.2) is 9.18 Å². The van der Waals surface area contributed by atoms with E-state index in [2.05, 4.69) is 5.32 Å². The molecule has 1 aliphatic rings. The van der Waals surface area contributed by atoms with Crippen LogP contribution in [-0.4, -0.2) is 49.0 Å². The second kappa shape index (κ2) is 10.8. The van der Waals surface area contributed by atoms with Gasteiger partial charge in [0.2, 0.25) is 11.8 Å². The molecule has 0 spiro atoms. The largest absolute Gasteiger partial charge is 0.449 e. The Kier molecular flexibility index (Phi) is 8.11. The number of aryl methyl sites for hydroxylation is 1. The van der Waals surface area contributed by atoms with Crippen LogP contribution in [0.1, 0.15) is 29.9 Å². The molecule has 0 aromatic heterocycles. The summed E-state index contributed by atoms with van der Waals surface area (Å²) in [5.41, 5.74) is 11.6. The van der Waals surface area contributed by atoms with Crippen molar-refractivity contribution < 1.29 is 23.5 Å². The van der Waals surface area contributed by atoms with Crippen molar-refractivity contribution in [2.24, 2.45) is 16.9 Å². The Bertz CT molecular complexity index is 1070. The molecule has 2 aromatic rings. The summed E-state index contributed by atoms with van der Waals surface area (Å²) in [4.78, 5) is 38.9. The average molecular weight is 491 g/mol. The van der Waals surface area contributed by atoms with E-state index in [9.17, 15) is 18.8 Å². The first-order valence-electron chi connectivity index (χ1n) is 10.9. The van der Waals surface area contributed by atoms with Gasteiger partial charge in [-0.3, -0.25) is 14.9 Å². The normalized spacial score (nSPS) is 15.9. The number of likely N-dealkylation sites (tertiary alicyclic amines) is 1. The molecule has 1 heterocycles. The number of anilines is 1. The van der Waals surface area contributed by atoms with Gasteiger partial charge >= 0.3 is 6.09 Å². The molecule has 1 fully saturated rings. The molecule has 0 bridgehead atoms. The number of ether oxygens (including phenoxy) is 1. The number of hydrogen-bond acceptors (Lipinski definition) is 5. The fourth-order valence-electron chi connectivity index (χ4n) is 4.37. The average Bonchev–Trinajstić information content (AvgIpc) is 2.81. The van der Waals surface area contributed by atoms with E-state index in [1.165, 1.54) is 12.1 Å². The minimum atomic E-state index is -0.905. The summed E-state index contributed by atoms with van der Waals surface area (Å²) in [5, 5.41) is 2.86. The Labute approximate surface area is 202 Å². The molecule has 1 saturated heterocycles. The van der Waals surface area contributed by atoms with Crippen LogP contribution in [0.3, 0.4) is 0 Å². The standard InChI is InChI=1S/C24H28ClFN4O4/c1-15-6-7-16(12-19(15)26)29-23(33)34-14-24(8-10-30(11-9-24)20(31)13-27)21(22(28)32)17-4-2-3-5-18(17)25/h2-7,12,21H,8-11,13-14,27H2,1H3,(H2,28,32)(H,29,33). The second-order valence-corrected chi connectivity index (χ2v) is 8.88. The van der Waals surface area contributed by atoms with Crippen LogP contribution < -0.4 is 16.8 Å². The number of rotatable bonds is 7. The first kappa shape index (κ1) is 25.5. The number of nitrogens with two attached hydrogens (primary N) is 2. The number of nitrogens with zero attached hydrogens (tertiary/aromatic N) is 1. The zero-order chi connectivity index (χ0) is 24.9. The van der Waals surface area contributed by atoms with Gasteiger partial charge < -0.3 is 21.1 Å². The molecular weight excluding hydrogens is 463 g/mol. The van der Waals surface area contributed by atoms with Crippen LogP contribution in [0.15, 0.2) is 42.5 Å². The number of halogens is 2. The number of hydrogen-bond donors (Lipinski definition) is 3. The minimum Gasteiger partial charge on any atom is -0.449 e. The maximum atomic E-state index is 13.8. The number of carbonyl (C=O) groups excluding carboxylic acids is 3. The van der Waals surface area contributed by atoms with Crippen LogP contribution in [0.4, 0.5) is 14.9 Å². The summed E-state index contributed by atoms with van der Waals surface area (Å²) in [7, 11) is 0. The monoisotopic (exact) mass is 490 g/mol. The van der Waals surface area contributed by atoms with E-state index in [-0.39, 0.29) is 24.7 Å². The molecule has 3 rings (SSSR count). The van der Waals surface area contributed by atoms with Gasteiger partial charge in [-0.05, 0) is 49.1 Å². The lowest BCUT2D eigenvalue weighted by Gasteiger charge is -2.45. The van der Waals surface area contributed by atoms with Crippen LogP contribution in [0.25, 0.3) is 0 Å². The molecule has 3 amide bonds. The van der Waals surface area contributed by atoms with E-state index < -0.39 is 29.2 Å². The van der Waals surface area contributed by atoms with Crippen LogP contribution in [0.2, 0.25) is 5.02 Å². The molecule has 8 nitrogen and oxygen atoms in total. The van der Waals surface area contributed by atoms with Crippen LogP contribution in [0.5, 0.6) is 0 Å². The molecule has 1 atom stereocenters. The number of primary amides is 1. The minimum absolute atomic E-state index is 0.122. The summed E-state index contributed by atoms with van der Waals surface area (Å²) >= 11 is 6.40. The predicted octanol–water partition coefficient (Wildman–Crippen LogP) is 3.17. The van der Waals surface area contributed by atoms with Gasteiger partial charge in [0, 0.05) is 29.2 Å². The lowest BCUT2D eigenvalue weighted by Crippen LogP contribution is -2.51. The second-order valence-electron chi connectivity index (χ2n) is 8.47. The number of amides is 3. The molecule has 182 valence electrons. The Morgan fingerprint density at radius 2 is 1.88 bits per heavy atom. The topological polar surface area (TPSA) is 128 Å². The summed E-state index contributed by atoms with van der Waals surface area (Å²) in [6.45, 7) is 1.97. The summed E-state index contributed by atoms with van der Waals surface area (Å²) in [6.07, 6.45) is -0.126. The SMILES string of the molecule is Cc1ccc(NC(=O)OCC2(C(C(N)=O)c3ccccc3Cl)CCN(C(=O)CN)CC2)cc1F. The molecule has 0 radical (unpaired) electrons. The first-order chi connectivity index (χ1) is 16.2. The molecule has 0 aliphatic carbocycles. The van der Waals surface area contributed by atoms with Gasteiger partial charge in [0.05, 0.1) is 12.5 Å². The Morgan fingerprint density at radius 3 is 2.47 bits per heavy atom. The van der Waals surface area contributed by atoms with E-state index in [0.717, 1.165) is 0 Å². The number of piperidine rings is 1. The van der Waals surface area contributed by atoms with E-state index in [0.29, 0.717) is 42.1 Å². The van der Waals surface area contributed by atoms with E-state index in [1.54, 1.807) is 42.2 Å². The quantitative estimate of drug-likeness (QED) is 0.549. The van der Waals surface area contributed by atoms with Crippen molar-refractivity contribution in [3.8, 4) is 0 Å². The lowest BCUT2D eigenvalue weighted by atomic mass is 9.66. The van der Waals surface area contributed by atoms with Crippen molar-refractivity contribution in [3.05, 3.63) is 64.4 Å². The molecule has 0 saturated carbocycles. The maximum Gasteiger partial charge on any atom is 0.411 e. The van der Waals surface area contributed by atoms with Crippen LogP contribution in [-0.2, 0) is 14.3 Å². The van der Waals surface area contributed by atoms with E-state index in [4.69, 9.17) is 27.8 Å². The first-order valence-corrected chi connectivity index (χ1v) is 11.3. The third-order valence-corrected chi connectivity index (χ3v) is 6.65. The van der Waals surface area contributed by atoms with Crippen molar-refractivity contribution in [2.45, 2.75) is 25.7 Å². The van der Waals surface area contributed by atoms with Gasteiger partial charge in [0.1, 0.15) is 12.4 Å². The van der Waals surface area contributed by atoms with Crippen molar-refractivity contribution in [3.63, 3.8) is 0 Å². The highest BCUT2D eigenvalue weighted by atomic mass is 35.5. The number of nitrogens with one attached hydrogen (secondary N) is 1. The third kappa shape index (κ3) is 5.66. The van der Waals surface area contributed by atoms with Crippen molar-refractivity contribution in [1.29, 1.82) is 0 Å². The van der Waals surface area contributed by atoms with Crippen LogP contribution >= 0.6 is 11.6 Å². The fourth-order valence-corrected chi connectivity index (χ4v) is 4.62. The number of benzene rings is 2. The van der Waals surface area contributed by atoms with Gasteiger partial charge in [-0.2, -0.15) is 0 Å². The van der Waals surface area contributed by atoms with Gasteiger partial charge in [0.15, 0.2) is 0 Å². The lowest BCUT2D eigenvalue weighted by molar-refractivity contribution is -0.134. The van der Waals surface area contributed by atoms with Gasteiger partial charge in [-0.1, -0.05) is 35.9 Å². The highest BCUT2D eigenvalue weighted by Gasteiger charge is 2.47. The maximum absolute atomic E-state index is 13.8. The Hall–Kier alpha value is -3.17. The van der Waals surface area contributed by atoms with E-state index >= 15 is 0 Å². The van der Waals surface area contributed by atoms with Gasteiger partial charge in [0.25, 0.3) is 0 Å². The zero-order valence-corrected chi connectivity index (χ0v) is 19.6. The molecule has 2 aromatic carbocycles. The summed E-state index contributed by atoms with van der Waals surface area (Å²) < 4.78 is 19.3. The van der Waals surface area contributed by atoms with Crippen molar-refractivity contribution in [2.75, 3.05) is 31.6 Å². The summed E-state index contributed by atoms with van der Waals surface area (Å²) in [6, 6.07) is 11.2. The summed E-state index contributed by atoms with van der Waals surface area (Å²) in [5.74, 6) is -2.14. The molecular formula is C24H28ClFN4O4. The smallest absolute Gasteiger partial charge is 0.411 e. The van der Waals surface area contributed by atoms with E-state index in [1.807, 2.05) is 0 Å². The fraction of sp³-hybridized carbons (Fsp3) is 0.375. The third-order valence-electron chi connectivity index (χ3n) is 6.31. The molecule has 1 unspecified atom stereocenters. The zero-order valence-electron chi connectivity index (χ0n) is 18.9. The highest BCUT2D eigenvalue weighted by molar-refractivity contribution is 6.31. The Morgan fingerprint density at radius 1 is 1.21 bits per heavy atom. The Balaban J connectivity index is 1.85.